The minimum Gasteiger partial charge on any atom is -0.485 e. The van der Waals surface area contributed by atoms with Gasteiger partial charge in [-0.05, 0) is 5.56 Å². The van der Waals surface area contributed by atoms with Crippen LogP contribution in [-0.4, -0.2) is 33.1 Å². The normalized spacial score (nSPS) is 17.2. The van der Waals surface area contributed by atoms with E-state index < -0.39 is 11.9 Å². The molecule has 2 N–H and O–H groups in total. The molecule has 8 nitrogen and oxygen atoms in total. The van der Waals surface area contributed by atoms with Gasteiger partial charge >= 0.3 is 6.03 Å². The van der Waals surface area contributed by atoms with Crippen LogP contribution in [0.2, 0.25) is 0 Å². The second-order valence-electron chi connectivity index (χ2n) is 5.66. The Bertz CT molecular complexity index is 938. The average Bonchev–Trinajstić information content (AvgIpc) is 3.09. The zero-order valence-corrected chi connectivity index (χ0v) is 13.2. The number of benzene rings is 1. The first-order chi connectivity index (χ1) is 12.2. The fraction of sp³-hybridized carbons (Fsp3) is 0.176. The summed E-state index contributed by atoms with van der Waals surface area (Å²) in [6, 6.07) is 11.0. The molecular formula is C17H15N5O3. The summed E-state index contributed by atoms with van der Waals surface area (Å²) in [7, 11) is 0. The summed E-state index contributed by atoms with van der Waals surface area (Å²) in [5.74, 6) is -0.433. The van der Waals surface area contributed by atoms with Gasteiger partial charge in [-0.25, -0.2) is 14.3 Å². The van der Waals surface area contributed by atoms with E-state index in [0.29, 0.717) is 23.7 Å². The molecule has 0 aliphatic carbocycles. The largest absolute Gasteiger partial charge is 0.485 e. The average molecular weight is 337 g/mol. The number of nitrogens with zero attached hydrogens (tertiary/aromatic N) is 3. The Hall–Kier alpha value is -3.42. The number of hydrogen-bond donors (Lipinski definition) is 2. The van der Waals surface area contributed by atoms with Gasteiger partial charge in [0.05, 0.1) is 11.6 Å². The van der Waals surface area contributed by atoms with Crippen LogP contribution in [0.3, 0.4) is 0 Å². The number of nitrogens with one attached hydrogen (secondary N) is 2. The van der Waals surface area contributed by atoms with E-state index in [1.807, 2.05) is 30.3 Å². The molecule has 3 aromatic rings. The van der Waals surface area contributed by atoms with Crippen LogP contribution in [0.4, 0.5) is 4.79 Å². The Morgan fingerprint density at radius 2 is 2.08 bits per heavy atom. The van der Waals surface area contributed by atoms with Crippen molar-refractivity contribution in [3.63, 3.8) is 0 Å². The molecule has 0 saturated carbocycles. The minimum atomic E-state index is -0.580. The van der Waals surface area contributed by atoms with Gasteiger partial charge in [-0.3, -0.25) is 10.1 Å². The van der Waals surface area contributed by atoms with E-state index in [1.54, 1.807) is 23.0 Å². The molecule has 1 aromatic carbocycles. The number of carbonyl (C=O) groups excluding carboxylic acids is 2. The first-order valence-electron chi connectivity index (χ1n) is 7.80. The smallest absolute Gasteiger partial charge is 0.321 e. The predicted molar refractivity (Wildman–Crippen MR) is 88.0 cm³/mol. The van der Waals surface area contributed by atoms with Gasteiger partial charge in [-0.15, -0.1) is 0 Å². The van der Waals surface area contributed by atoms with Crippen molar-refractivity contribution < 1.29 is 14.3 Å². The van der Waals surface area contributed by atoms with Crippen LogP contribution < -0.4 is 15.4 Å². The van der Waals surface area contributed by atoms with Gasteiger partial charge in [-0.1, -0.05) is 30.3 Å². The summed E-state index contributed by atoms with van der Waals surface area (Å²) >= 11 is 0. The molecule has 1 unspecified atom stereocenters. The molecule has 126 valence electrons. The highest BCUT2D eigenvalue weighted by molar-refractivity contribution is 6.00. The second-order valence-corrected chi connectivity index (χ2v) is 5.66. The Morgan fingerprint density at radius 3 is 2.88 bits per heavy atom. The number of ether oxygens (including phenoxy) is 1. The maximum absolute atomic E-state index is 12.1. The van der Waals surface area contributed by atoms with Gasteiger partial charge < -0.3 is 10.1 Å². The maximum atomic E-state index is 12.1. The van der Waals surface area contributed by atoms with Crippen LogP contribution in [0.25, 0.3) is 5.65 Å². The van der Waals surface area contributed by atoms with Gasteiger partial charge in [0.2, 0.25) is 5.91 Å². The van der Waals surface area contributed by atoms with E-state index in [2.05, 4.69) is 20.7 Å². The monoisotopic (exact) mass is 337 g/mol. The van der Waals surface area contributed by atoms with Gasteiger partial charge in [0, 0.05) is 25.0 Å². The fourth-order valence-electron chi connectivity index (χ4n) is 2.69. The van der Waals surface area contributed by atoms with Gasteiger partial charge in [0.25, 0.3) is 0 Å². The van der Waals surface area contributed by atoms with Crippen molar-refractivity contribution in [3.8, 4) is 5.75 Å². The van der Waals surface area contributed by atoms with Crippen molar-refractivity contribution in [2.24, 2.45) is 0 Å². The number of amides is 3. The lowest BCUT2D eigenvalue weighted by atomic mass is 10.0. The number of imide groups is 1. The van der Waals surface area contributed by atoms with Crippen LogP contribution in [0.5, 0.6) is 5.75 Å². The summed E-state index contributed by atoms with van der Waals surface area (Å²) in [4.78, 5) is 27.6. The molecule has 0 bridgehead atoms. The molecule has 4 rings (SSSR count). The molecule has 0 spiro atoms. The first-order valence-corrected chi connectivity index (χ1v) is 7.80. The SMILES string of the molecule is O=C1NCC(c2cc(OCc3ccccc3)c3nccn3n2)C(=O)N1. The highest BCUT2D eigenvalue weighted by Crippen LogP contribution is 2.24. The highest BCUT2D eigenvalue weighted by Gasteiger charge is 2.30. The Labute approximate surface area is 142 Å². The molecule has 1 aliphatic rings. The molecule has 2 aromatic heterocycles. The number of urea groups is 1. The molecule has 25 heavy (non-hydrogen) atoms. The third kappa shape index (κ3) is 3.01. The highest BCUT2D eigenvalue weighted by atomic mass is 16.5. The lowest BCUT2D eigenvalue weighted by Crippen LogP contribution is -2.51. The Balaban J connectivity index is 1.65. The van der Waals surface area contributed by atoms with Crippen molar-refractivity contribution in [2.45, 2.75) is 12.5 Å². The molecule has 8 heteroatoms. The van der Waals surface area contributed by atoms with Gasteiger partial charge in [0.1, 0.15) is 6.61 Å². The van der Waals surface area contributed by atoms with Crippen molar-refractivity contribution in [1.29, 1.82) is 0 Å². The maximum Gasteiger partial charge on any atom is 0.321 e. The number of fused-ring (bicyclic) bond motifs is 1. The van der Waals surface area contributed by atoms with E-state index in [0.717, 1.165) is 5.56 Å². The summed E-state index contributed by atoms with van der Waals surface area (Å²) in [5, 5.41) is 9.27. The van der Waals surface area contributed by atoms with E-state index in [9.17, 15) is 9.59 Å². The Kier molecular flexibility index (Phi) is 3.77. The fourth-order valence-corrected chi connectivity index (χ4v) is 2.69. The van der Waals surface area contributed by atoms with E-state index in [1.165, 1.54) is 0 Å². The van der Waals surface area contributed by atoms with Crippen LogP contribution in [-0.2, 0) is 11.4 Å². The molecule has 3 heterocycles. The van der Waals surface area contributed by atoms with Gasteiger partial charge in [-0.2, -0.15) is 5.10 Å². The summed E-state index contributed by atoms with van der Waals surface area (Å²) in [5.41, 5.74) is 2.10. The molecule has 1 atom stereocenters. The number of aromatic nitrogens is 3. The number of carbonyl (C=O) groups is 2. The standard InChI is InChI=1S/C17H15N5O3/c23-16-12(9-19-17(24)20-16)13-8-14(15-18-6-7-22(15)21-13)25-10-11-4-2-1-3-5-11/h1-8,12H,9-10H2,(H2,19,20,23,24). The zero-order valence-electron chi connectivity index (χ0n) is 13.2. The van der Waals surface area contributed by atoms with Crippen molar-refractivity contribution >= 4 is 17.6 Å². The summed E-state index contributed by atoms with van der Waals surface area (Å²) < 4.78 is 7.48. The zero-order chi connectivity index (χ0) is 17.2. The third-order valence-corrected chi connectivity index (χ3v) is 3.96. The number of imidazole rings is 1. The predicted octanol–water partition coefficient (Wildman–Crippen LogP) is 1.23. The first kappa shape index (κ1) is 15.1. The third-order valence-electron chi connectivity index (χ3n) is 3.96. The van der Waals surface area contributed by atoms with Gasteiger partial charge in [0.15, 0.2) is 11.4 Å². The minimum absolute atomic E-state index is 0.190. The molecule has 1 saturated heterocycles. The van der Waals surface area contributed by atoms with Crippen molar-refractivity contribution in [3.05, 3.63) is 60.0 Å². The summed E-state index contributed by atoms with van der Waals surface area (Å²) in [6.07, 6.45) is 3.30. The number of hydrogen-bond acceptors (Lipinski definition) is 5. The van der Waals surface area contributed by atoms with E-state index in [-0.39, 0.29) is 12.5 Å². The number of rotatable bonds is 4. The topological polar surface area (TPSA) is 97.6 Å². The Morgan fingerprint density at radius 1 is 1.24 bits per heavy atom. The van der Waals surface area contributed by atoms with Crippen molar-refractivity contribution in [1.82, 2.24) is 25.2 Å². The van der Waals surface area contributed by atoms with Crippen LogP contribution in [0.15, 0.2) is 48.8 Å². The summed E-state index contributed by atoms with van der Waals surface area (Å²) in [6.45, 7) is 0.566. The molecule has 3 amide bonds. The van der Waals surface area contributed by atoms with Crippen molar-refractivity contribution in [2.75, 3.05) is 6.54 Å². The van der Waals surface area contributed by atoms with E-state index in [4.69, 9.17) is 4.74 Å². The van der Waals surface area contributed by atoms with Crippen LogP contribution >= 0.6 is 0 Å². The lowest BCUT2D eigenvalue weighted by molar-refractivity contribution is -0.122. The van der Waals surface area contributed by atoms with Crippen LogP contribution in [0.1, 0.15) is 17.2 Å². The van der Waals surface area contributed by atoms with Crippen LogP contribution in [0, 0.1) is 0 Å². The molecule has 1 aliphatic heterocycles. The quantitative estimate of drug-likeness (QED) is 0.746. The molecule has 1 fully saturated rings. The van der Waals surface area contributed by atoms with E-state index >= 15 is 0 Å². The second kappa shape index (κ2) is 6.23. The molecule has 0 radical (unpaired) electrons. The lowest BCUT2D eigenvalue weighted by Gasteiger charge is -2.22. The molecular weight excluding hydrogens is 322 g/mol.